The van der Waals surface area contributed by atoms with Crippen molar-refractivity contribution in [2.45, 2.75) is 31.5 Å². The Morgan fingerprint density at radius 2 is 1.83 bits per heavy atom. The fourth-order valence-electron chi connectivity index (χ4n) is 6.15. The Bertz CT molecular complexity index is 1740. The Balaban J connectivity index is 1.61. The minimum absolute atomic E-state index is 0.0723. The number of ether oxygens (including phenoxy) is 3. The maximum absolute atomic E-state index is 14.5. The van der Waals surface area contributed by atoms with Gasteiger partial charge in [0.2, 0.25) is 11.9 Å². The molecular formula is C33H38Cl2N6O6. The molecule has 47 heavy (non-hydrogen) atoms. The number of halogens is 2. The molecule has 2 aromatic heterocycles. The molecule has 250 valence electrons. The highest BCUT2D eigenvalue weighted by molar-refractivity contribution is 6.41. The zero-order valence-electron chi connectivity index (χ0n) is 26.6. The SMILES string of the molecule is C=CC(=O)CC1COCC1Nc1ncc2cc(-c3c(Cl)c(OC)cc(OC)c3Cl)c(=O)n(CCC3CN(C)CCN3C(=O)C=C)c2n1. The van der Waals surface area contributed by atoms with Crippen molar-refractivity contribution in [1.29, 1.82) is 0 Å². The van der Waals surface area contributed by atoms with Gasteiger partial charge in [0.05, 0.1) is 49.1 Å². The Morgan fingerprint density at radius 3 is 2.49 bits per heavy atom. The molecule has 2 saturated heterocycles. The highest BCUT2D eigenvalue weighted by atomic mass is 35.5. The largest absolute Gasteiger partial charge is 0.495 e. The van der Waals surface area contributed by atoms with Crippen molar-refractivity contribution in [3.8, 4) is 22.6 Å². The highest BCUT2D eigenvalue weighted by Gasteiger charge is 2.31. The number of likely N-dealkylation sites (N-methyl/N-ethyl adjacent to an activating group) is 1. The third-order valence-corrected chi connectivity index (χ3v) is 9.45. The van der Waals surface area contributed by atoms with Gasteiger partial charge in [0.1, 0.15) is 17.1 Å². The van der Waals surface area contributed by atoms with Gasteiger partial charge >= 0.3 is 0 Å². The molecular weight excluding hydrogens is 647 g/mol. The number of aromatic nitrogens is 3. The van der Waals surface area contributed by atoms with Crippen molar-refractivity contribution >= 4 is 51.9 Å². The first kappa shape index (κ1) is 34.4. The van der Waals surface area contributed by atoms with Gasteiger partial charge in [-0.1, -0.05) is 36.4 Å². The molecule has 5 rings (SSSR count). The first-order valence-electron chi connectivity index (χ1n) is 15.2. The summed E-state index contributed by atoms with van der Waals surface area (Å²) < 4.78 is 18.1. The standard InChI is InChI=1S/C33H38Cl2N6O6/c1-6-22(42)12-20-17-47-18-24(20)37-33-36-15-19-13-23(28-29(34)25(45-4)14-26(46-5)30(28)35)32(44)41(31(19)38-33)9-8-21-16-39(3)10-11-40(21)27(43)7-2/h6-7,13-15,20-21,24H,1-2,8-12,16-18H2,3-5H3,(H,36,37,38). The number of ketones is 1. The smallest absolute Gasteiger partial charge is 0.260 e. The number of aryl methyl sites for hydroxylation is 1. The van der Waals surface area contributed by atoms with Crippen LogP contribution in [0.3, 0.4) is 0 Å². The molecule has 2 aliphatic heterocycles. The topological polar surface area (TPSA) is 128 Å². The number of carbonyl (C=O) groups excluding carboxylic acids is 2. The summed E-state index contributed by atoms with van der Waals surface area (Å²) in [7, 11) is 4.92. The lowest BCUT2D eigenvalue weighted by molar-refractivity contribution is -0.130. The van der Waals surface area contributed by atoms with E-state index in [2.05, 4.69) is 28.4 Å². The van der Waals surface area contributed by atoms with Crippen molar-refractivity contribution in [1.82, 2.24) is 24.3 Å². The van der Waals surface area contributed by atoms with E-state index in [-0.39, 0.29) is 81.3 Å². The second-order valence-corrected chi connectivity index (χ2v) is 12.4. The van der Waals surface area contributed by atoms with Crippen molar-refractivity contribution < 1.29 is 23.8 Å². The molecule has 3 atom stereocenters. The molecule has 0 spiro atoms. The Labute approximate surface area is 282 Å². The van der Waals surface area contributed by atoms with E-state index in [1.54, 1.807) is 27.8 Å². The molecule has 0 aliphatic carbocycles. The van der Waals surface area contributed by atoms with Crippen LogP contribution in [0.15, 0.2) is 48.4 Å². The molecule has 0 bridgehead atoms. The van der Waals surface area contributed by atoms with Gasteiger partial charge in [0, 0.05) is 67.8 Å². The summed E-state index contributed by atoms with van der Waals surface area (Å²) in [6.45, 7) is 10.2. The number of nitrogens with zero attached hydrogens (tertiary/aromatic N) is 5. The van der Waals surface area contributed by atoms with E-state index in [1.807, 2.05) is 7.05 Å². The Morgan fingerprint density at radius 1 is 1.11 bits per heavy atom. The fraction of sp³-hybridized carbons (Fsp3) is 0.424. The first-order chi connectivity index (χ1) is 22.6. The second kappa shape index (κ2) is 14.8. The van der Waals surface area contributed by atoms with Gasteiger partial charge in [0.25, 0.3) is 5.56 Å². The molecule has 3 unspecified atom stereocenters. The van der Waals surface area contributed by atoms with Crippen LogP contribution in [0.1, 0.15) is 12.8 Å². The van der Waals surface area contributed by atoms with Gasteiger partial charge in [-0.2, -0.15) is 4.98 Å². The van der Waals surface area contributed by atoms with E-state index in [0.717, 1.165) is 6.54 Å². The van der Waals surface area contributed by atoms with Crippen LogP contribution >= 0.6 is 23.2 Å². The van der Waals surface area contributed by atoms with E-state index in [0.29, 0.717) is 43.8 Å². The summed E-state index contributed by atoms with van der Waals surface area (Å²) in [4.78, 5) is 52.5. The van der Waals surface area contributed by atoms with Crippen LogP contribution in [0.2, 0.25) is 10.0 Å². The quantitative estimate of drug-likeness (QED) is 0.279. The van der Waals surface area contributed by atoms with Gasteiger partial charge in [-0.25, -0.2) is 4.98 Å². The molecule has 1 N–H and O–H groups in total. The predicted molar refractivity (Wildman–Crippen MR) is 182 cm³/mol. The maximum atomic E-state index is 14.5. The van der Waals surface area contributed by atoms with Gasteiger partial charge in [-0.3, -0.25) is 19.0 Å². The molecule has 14 heteroatoms. The highest BCUT2D eigenvalue weighted by Crippen LogP contribution is 2.45. The van der Waals surface area contributed by atoms with Gasteiger partial charge in [-0.05, 0) is 31.7 Å². The van der Waals surface area contributed by atoms with Crippen LogP contribution in [0.5, 0.6) is 11.5 Å². The second-order valence-electron chi connectivity index (χ2n) is 11.6. The monoisotopic (exact) mass is 684 g/mol. The van der Waals surface area contributed by atoms with Crippen molar-refractivity contribution in [2.75, 3.05) is 59.4 Å². The van der Waals surface area contributed by atoms with Gasteiger partial charge in [0.15, 0.2) is 5.78 Å². The summed E-state index contributed by atoms with van der Waals surface area (Å²) in [6, 6.07) is 2.82. The lowest BCUT2D eigenvalue weighted by atomic mass is 9.97. The van der Waals surface area contributed by atoms with Crippen LogP contribution in [-0.2, 0) is 20.9 Å². The number of benzene rings is 1. The number of methoxy groups -OCH3 is 2. The molecule has 0 saturated carbocycles. The lowest BCUT2D eigenvalue weighted by Gasteiger charge is -2.39. The third-order valence-electron chi connectivity index (χ3n) is 8.70. The number of rotatable bonds is 12. The van der Waals surface area contributed by atoms with E-state index < -0.39 is 5.56 Å². The molecule has 2 fully saturated rings. The fourth-order valence-corrected chi connectivity index (χ4v) is 6.85. The molecule has 1 amide bonds. The van der Waals surface area contributed by atoms with Crippen LogP contribution in [0.25, 0.3) is 22.2 Å². The average Bonchev–Trinajstić information content (AvgIpc) is 3.50. The number of carbonyl (C=O) groups is 2. The summed E-state index contributed by atoms with van der Waals surface area (Å²) in [6.07, 6.45) is 4.98. The van der Waals surface area contributed by atoms with E-state index in [4.69, 9.17) is 42.4 Å². The average molecular weight is 686 g/mol. The van der Waals surface area contributed by atoms with Crippen molar-refractivity contribution in [3.05, 3.63) is 64.0 Å². The molecule has 12 nitrogen and oxygen atoms in total. The van der Waals surface area contributed by atoms with Crippen molar-refractivity contribution in [2.24, 2.45) is 5.92 Å². The summed E-state index contributed by atoms with van der Waals surface area (Å²) in [5.41, 5.74) is 0.444. The van der Waals surface area contributed by atoms with Gasteiger partial charge in [-0.15, -0.1) is 0 Å². The molecule has 0 radical (unpaired) electrons. The summed E-state index contributed by atoms with van der Waals surface area (Å²) >= 11 is 13.5. The Kier molecular flexibility index (Phi) is 10.9. The number of pyridine rings is 1. The summed E-state index contributed by atoms with van der Waals surface area (Å²) in [5, 5.41) is 4.16. The normalized spacial score (nSPS) is 19.9. The summed E-state index contributed by atoms with van der Waals surface area (Å²) in [5.74, 6) is 0.539. The van der Waals surface area contributed by atoms with Crippen LogP contribution < -0.4 is 20.3 Å². The number of allylic oxidation sites excluding steroid dienone is 1. The molecule has 4 heterocycles. The Hall–Kier alpha value is -3.97. The maximum Gasteiger partial charge on any atom is 0.260 e. The molecule has 3 aromatic rings. The molecule has 1 aromatic carbocycles. The van der Waals surface area contributed by atoms with E-state index in [9.17, 15) is 14.4 Å². The first-order valence-corrected chi connectivity index (χ1v) is 16.0. The van der Waals surface area contributed by atoms with Crippen LogP contribution in [0.4, 0.5) is 5.95 Å². The number of hydrogen-bond acceptors (Lipinski definition) is 10. The van der Waals surface area contributed by atoms with E-state index in [1.165, 1.54) is 26.4 Å². The van der Waals surface area contributed by atoms with Crippen LogP contribution in [-0.4, -0.2) is 102 Å². The van der Waals surface area contributed by atoms with Gasteiger partial charge < -0.3 is 29.3 Å². The number of fused-ring (bicyclic) bond motifs is 1. The van der Waals surface area contributed by atoms with Crippen LogP contribution in [0, 0.1) is 5.92 Å². The zero-order chi connectivity index (χ0) is 33.8. The lowest BCUT2D eigenvalue weighted by Crippen LogP contribution is -2.54. The number of anilines is 1. The number of hydrogen-bond donors (Lipinski definition) is 1. The zero-order valence-corrected chi connectivity index (χ0v) is 28.1. The van der Waals surface area contributed by atoms with Crippen molar-refractivity contribution in [3.63, 3.8) is 0 Å². The number of amides is 1. The third kappa shape index (κ3) is 7.15. The number of nitrogens with one attached hydrogen (secondary N) is 1. The predicted octanol–water partition coefficient (Wildman–Crippen LogP) is 4.07. The molecule has 2 aliphatic rings. The van der Waals surface area contributed by atoms with E-state index >= 15 is 0 Å². The number of piperazine rings is 1. The minimum Gasteiger partial charge on any atom is -0.495 e. The minimum atomic E-state index is -0.398.